The van der Waals surface area contributed by atoms with E-state index in [1.54, 1.807) is 10.6 Å². The minimum absolute atomic E-state index is 0.177. The molecule has 0 bridgehead atoms. The molecule has 0 radical (unpaired) electrons. The first-order valence-electron chi connectivity index (χ1n) is 5.55. The van der Waals surface area contributed by atoms with Crippen LogP contribution in [0.4, 0.5) is 8.78 Å². The molecular formula is C14H10F2N2. The number of rotatable bonds is 1. The lowest BCUT2D eigenvalue weighted by molar-refractivity contribution is 0.511. The van der Waals surface area contributed by atoms with Crippen LogP contribution in [0.1, 0.15) is 5.56 Å². The first-order chi connectivity index (χ1) is 8.65. The summed E-state index contributed by atoms with van der Waals surface area (Å²) in [5.74, 6) is -1.72. The lowest BCUT2D eigenvalue weighted by Gasteiger charge is -1.98. The molecule has 0 saturated heterocycles. The van der Waals surface area contributed by atoms with Gasteiger partial charge >= 0.3 is 0 Å². The van der Waals surface area contributed by atoms with Gasteiger partial charge in [-0.2, -0.15) is 0 Å². The second-order valence-electron chi connectivity index (χ2n) is 4.20. The molecule has 90 valence electrons. The molecule has 0 unspecified atom stereocenters. The lowest BCUT2D eigenvalue weighted by Crippen LogP contribution is -1.88. The number of aromatic nitrogens is 2. The minimum Gasteiger partial charge on any atom is -0.306 e. The zero-order valence-electron chi connectivity index (χ0n) is 9.69. The molecule has 1 aromatic carbocycles. The molecule has 2 heterocycles. The maximum atomic E-state index is 13.7. The number of nitrogens with zero attached hydrogens (tertiary/aromatic N) is 2. The quantitative estimate of drug-likeness (QED) is 0.639. The van der Waals surface area contributed by atoms with Gasteiger partial charge in [-0.1, -0.05) is 6.07 Å². The Morgan fingerprint density at radius 2 is 2.00 bits per heavy atom. The number of imidazole rings is 1. The van der Waals surface area contributed by atoms with E-state index in [9.17, 15) is 8.78 Å². The van der Waals surface area contributed by atoms with Gasteiger partial charge in [-0.05, 0) is 36.8 Å². The van der Waals surface area contributed by atoms with Crippen molar-refractivity contribution in [1.29, 1.82) is 0 Å². The molecule has 0 aliphatic rings. The van der Waals surface area contributed by atoms with E-state index in [2.05, 4.69) is 4.98 Å². The molecule has 3 aromatic rings. The molecule has 0 saturated carbocycles. The number of halogens is 2. The summed E-state index contributed by atoms with van der Waals surface area (Å²) in [7, 11) is 0. The normalized spacial score (nSPS) is 11.1. The molecule has 0 spiro atoms. The average molecular weight is 244 g/mol. The minimum atomic E-state index is -0.863. The predicted octanol–water partition coefficient (Wildman–Crippen LogP) is 3.59. The fourth-order valence-corrected chi connectivity index (χ4v) is 1.92. The van der Waals surface area contributed by atoms with Crippen molar-refractivity contribution in [2.75, 3.05) is 0 Å². The molecule has 2 nitrogen and oxygen atoms in total. The van der Waals surface area contributed by atoms with Gasteiger partial charge in [-0.15, -0.1) is 0 Å². The Kier molecular flexibility index (Phi) is 2.37. The predicted molar refractivity (Wildman–Crippen MR) is 65.3 cm³/mol. The van der Waals surface area contributed by atoms with Crippen molar-refractivity contribution in [2.24, 2.45) is 0 Å². The summed E-state index contributed by atoms with van der Waals surface area (Å²) in [5, 5.41) is 0. The highest BCUT2D eigenvalue weighted by atomic mass is 19.2. The number of fused-ring (bicyclic) bond motifs is 1. The van der Waals surface area contributed by atoms with E-state index in [0.717, 1.165) is 11.6 Å². The maximum absolute atomic E-state index is 13.7. The van der Waals surface area contributed by atoms with Gasteiger partial charge in [0.25, 0.3) is 0 Å². The number of pyridine rings is 1. The molecule has 18 heavy (non-hydrogen) atoms. The van der Waals surface area contributed by atoms with Crippen molar-refractivity contribution in [3.63, 3.8) is 0 Å². The number of aryl methyl sites for hydroxylation is 1. The van der Waals surface area contributed by atoms with Crippen molar-refractivity contribution < 1.29 is 8.78 Å². The summed E-state index contributed by atoms with van der Waals surface area (Å²) in [6, 6.07) is 7.91. The first-order valence-corrected chi connectivity index (χ1v) is 5.55. The van der Waals surface area contributed by atoms with Gasteiger partial charge in [0.1, 0.15) is 5.65 Å². The molecule has 0 atom stereocenters. The zero-order valence-corrected chi connectivity index (χ0v) is 9.69. The van der Waals surface area contributed by atoms with Crippen LogP contribution < -0.4 is 0 Å². The van der Waals surface area contributed by atoms with E-state index < -0.39 is 11.6 Å². The smallest absolute Gasteiger partial charge is 0.168 e. The van der Waals surface area contributed by atoms with E-state index in [1.807, 2.05) is 25.3 Å². The summed E-state index contributed by atoms with van der Waals surface area (Å²) < 4.78 is 28.6. The molecule has 0 N–H and O–H groups in total. The second kappa shape index (κ2) is 3.91. The number of benzene rings is 1. The molecule has 3 rings (SSSR count). The van der Waals surface area contributed by atoms with Gasteiger partial charge < -0.3 is 4.40 Å². The Balaban J connectivity index is 2.22. The third kappa shape index (κ3) is 1.66. The number of hydrogen-bond acceptors (Lipinski definition) is 1. The fourth-order valence-electron chi connectivity index (χ4n) is 1.92. The van der Waals surface area contributed by atoms with Gasteiger partial charge in [-0.25, -0.2) is 13.8 Å². The van der Waals surface area contributed by atoms with Crippen molar-refractivity contribution in [3.8, 4) is 11.3 Å². The van der Waals surface area contributed by atoms with Crippen LogP contribution in [-0.4, -0.2) is 9.38 Å². The van der Waals surface area contributed by atoms with Crippen molar-refractivity contribution in [1.82, 2.24) is 9.38 Å². The molecule has 0 aliphatic heterocycles. The summed E-state index contributed by atoms with van der Waals surface area (Å²) in [5.41, 5.74) is 2.39. The van der Waals surface area contributed by atoms with Crippen LogP contribution in [0.2, 0.25) is 0 Å². The largest absolute Gasteiger partial charge is 0.306 e. The summed E-state index contributed by atoms with van der Waals surface area (Å²) in [6.45, 7) is 1.96. The third-order valence-corrected chi connectivity index (χ3v) is 2.84. The summed E-state index contributed by atoms with van der Waals surface area (Å²) in [6.07, 6.45) is 3.53. The monoisotopic (exact) mass is 244 g/mol. The van der Waals surface area contributed by atoms with E-state index in [0.29, 0.717) is 11.3 Å². The van der Waals surface area contributed by atoms with Crippen LogP contribution >= 0.6 is 0 Å². The van der Waals surface area contributed by atoms with Crippen LogP contribution in [0.15, 0.2) is 42.7 Å². The Labute approximate surface area is 103 Å². The Morgan fingerprint density at radius 1 is 1.17 bits per heavy atom. The Bertz CT molecular complexity index is 732. The topological polar surface area (TPSA) is 17.3 Å². The van der Waals surface area contributed by atoms with Crippen molar-refractivity contribution >= 4 is 5.65 Å². The zero-order chi connectivity index (χ0) is 12.7. The van der Waals surface area contributed by atoms with E-state index in [-0.39, 0.29) is 5.56 Å². The molecular weight excluding hydrogens is 234 g/mol. The van der Waals surface area contributed by atoms with E-state index in [4.69, 9.17) is 0 Å². The third-order valence-electron chi connectivity index (χ3n) is 2.84. The SMILES string of the molecule is Cc1ccn2cc(-c3cccc(F)c3F)nc2c1. The van der Waals surface area contributed by atoms with Crippen LogP contribution in [0.3, 0.4) is 0 Å². The molecule has 0 amide bonds. The lowest BCUT2D eigenvalue weighted by atomic mass is 10.1. The molecule has 0 aliphatic carbocycles. The van der Waals surface area contributed by atoms with E-state index in [1.165, 1.54) is 12.1 Å². The second-order valence-corrected chi connectivity index (χ2v) is 4.20. The first kappa shape index (κ1) is 10.9. The van der Waals surface area contributed by atoms with Gasteiger partial charge in [0, 0.05) is 18.0 Å². The molecule has 4 heteroatoms. The highest BCUT2D eigenvalue weighted by molar-refractivity contribution is 5.63. The highest BCUT2D eigenvalue weighted by Crippen LogP contribution is 2.24. The average Bonchev–Trinajstić information content (AvgIpc) is 2.75. The van der Waals surface area contributed by atoms with Crippen molar-refractivity contribution in [3.05, 3.63) is 59.9 Å². The molecule has 0 fully saturated rings. The maximum Gasteiger partial charge on any atom is 0.168 e. The van der Waals surface area contributed by atoms with Crippen molar-refractivity contribution in [2.45, 2.75) is 6.92 Å². The van der Waals surface area contributed by atoms with Gasteiger partial charge in [0.2, 0.25) is 0 Å². The number of hydrogen-bond donors (Lipinski definition) is 0. The Hall–Kier alpha value is -2.23. The van der Waals surface area contributed by atoms with Gasteiger partial charge in [0.05, 0.1) is 5.69 Å². The summed E-state index contributed by atoms with van der Waals surface area (Å²) >= 11 is 0. The molecule has 2 aromatic heterocycles. The van der Waals surface area contributed by atoms with Gasteiger partial charge in [-0.3, -0.25) is 0 Å². The van der Waals surface area contributed by atoms with Crippen LogP contribution in [-0.2, 0) is 0 Å². The van der Waals surface area contributed by atoms with Crippen LogP contribution in [0.25, 0.3) is 16.9 Å². The highest BCUT2D eigenvalue weighted by Gasteiger charge is 2.12. The standard InChI is InChI=1S/C14H10F2N2/c1-9-5-6-18-8-12(17-13(18)7-9)10-3-2-4-11(15)14(10)16/h2-8H,1H3. The van der Waals surface area contributed by atoms with Gasteiger partial charge in [0.15, 0.2) is 11.6 Å². The van der Waals surface area contributed by atoms with Crippen LogP contribution in [0.5, 0.6) is 0 Å². The summed E-state index contributed by atoms with van der Waals surface area (Å²) in [4.78, 5) is 4.30. The van der Waals surface area contributed by atoms with E-state index >= 15 is 0 Å². The van der Waals surface area contributed by atoms with Crippen LogP contribution in [0, 0.1) is 18.6 Å². The fraction of sp³-hybridized carbons (Fsp3) is 0.0714. The Morgan fingerprint density at radius 3 is 2.83 bits per heavy atom.